The van der Waals surface area contributed by atoms with Crippen molar-refractivity contribution in [3.8, 4) is 11.4 Å². The second-order valence-corrected chi connectivity index (χ2v) is 6.66. The predicted octanol–water partition coefficient (Wildman–Crippen LogP) is 4.36. The van der Waals surface area contributed by atoms with Crippen LogP contribution in [0, 0.1) is 12.7 Å². The monoisotopic (exact) mass is 371 g/mol. The molecule has 2 aromatic carbocycles. The lowest BCUT2D eigenvalue weighted by atomic mass is 10.1. The average Bonchev–Trinajstić information content (AvgIpc) is 3.25. The van der Waals surface area contributed by atoms with Crippen molar-refractivity contribution < 1.29 is 13.7 Å². The molecule has 132 valence electrons. The van der Waals surface area contributed by atoms with Gasteiger partial charge in [-0.05, 0) is 48.9 Å². The summed E-state index contributed by atoms with van der Waals surface area (Å²) in [6.07, 6.45) is 0.289. The predicted molar refractivity (Wildman–Crippen MR) is 95.6 cm³/mol. The first-order valence-electron chi connectivity index (χ1n) is 8.18. The Morgan fingerprint density at radius 1 is 1.23 bits per heavy atom. The van der Waals surface area contributed by atoms with Crippen molar-refractivity contribution in [1.82, 2.24) is 10.1 Å². The summed E-state index contributed by atoms with van der Waals surface area (Å²) in [6.45, 7) is 2.34. The first kappa shape index (κ1) is 16.7. The Kier molecular flexibility index (Phi) is 4.20. The molecule has 1 atom stereocenters. The second kappa shape index (κ2) is 6.53. The zero-order chi connectivity index (χ0) is 18.3. The molecule has 7 heteroatoms. The van der Waals surface area contributed by atoms with Crippen LogP contribution in [0.2, 0.25) is 5.02 Å². The van der Waals surface area contributed by atoms with Gasteiger partial charge in [-0.1, -0.05) is 22.8 Å². The molecule has 0 saturated carbocycles. The molecule has 1 fully saturated rings. The smallest absolute Gasteiger partial charge is 0.232 e. The normalized spacial score (nSPS) is 17.1. The van der Waals surface area contributed by atoms with Crippen LogP contribution in [0.3, 0.4) is 0 Å². The van der Waals surface area contributed by atoms with Gasteiger partial charge >= 0.3 is 0 Å². The van der Waals surface area contributed by atoms with Gasteiger partial charge in [-0.2, -0.15) is 4.98 Å². The lowest BCUT2D eigenvalue weighted by Crippen LogP contribution is -2.25. The van der Waals surface area contributed by atoms with E-state index in [4.69, 9.17) is 16.1 Å². The highest BCUT2D eigenvalue weighted by molar-refractivity contribution is 6.31. The Morgan fingerprint density at radius 2 is 2.00 bits per heavy atom. The summed E-state index contributed by atoms with van der Waals surface area (Å²) in [7, 11) is 0. The summed E-state index contributed by atoms with van der Waals surface area (Å²) in [5.74, 6) is 0.251. The molecule has 26 heavy (non-hydrogen) atoms. The summed E-state index contributed by atoms with van der Waals surface area (Å²) in [6, 6.07) is 11.4. The van der Waals surface area contributed by atoms with Gasteiger partial charge in [0.15, 0.2) is 0 Å². The van der Waals surface area contributed by atoms with Crippen LogP contribution in [0.5, 0.6) is 0 Å². The molecule has 1 amide bonds. The van der Waals surface area contributed by atoms with Crippen molar-refractivity contribution in [3.05, 3.63) is 64.8 Å². The molecular formula is C19H15ClFN3O2. The van der Waals surface area contributed by atoms with Crippen molar-refractivity contribution in [2.45, 2.75) is 19.3 Å². The molecule has 1 unspecified atom stereocenters. The number of rotatable bonds is 3. The molecule has 0 radical (unpaired) electrons. The van der Waals surface area contributed by atoms with Gasteiger partial charge in [-0.15, -0.1) is 0 Å². The zero-order valence-corrected chi connectivity index (χ0v) is 14.7. The van der Waals surface area contributed by atoms with E-state index in [1.807, 2.05) is 19.1 Å². The molecule has 1 aromatic heterocycles. The lowest BCUT2D eigenvalue weighted by Gasteiger charge is -2.19. The van der Waals surface area contributed by atoms with Crippen molar-refractivity contribution in [2.75, 3.05) is 11.4 Å². The number of benzene rings is 2. The number of carbonyl (C=O) groups is 1. The number of hydrogen-bond acceptors (Lipinski definition) is 4. The minimum Gasteiger partial charge on any atom is -0.339 e. The highest BCUT2D eigenvalue weighted by atomic mass is 35.5. The van der Waals surface area contributed by atoms with Crippen LogP contribution in [0.4, 0.5) is 10.1 Å². The van der Waals surface area contributed by atoms with Gasteiger partial charge < -0.3 is 9.42 Å². The molecule has 1 aliphatic rings. The minimum atomic E-state index is -0.327. The number of anilines is 1. The Labute approximate surface area is 154 Å². The van der Waals surface area contributed by atoms with E-state index >= 15 is 0 Å². The molecule has 0 bridgehead atoms. The Hall–Kier alpha value is -2.73. The maximum absolute atomic E-state index is 13.0. The molecular weight excluding hydrogens is 357 g/mol. The van der Waals surface area contributed by atoms with E-state index in [2.05, 4.69) is 10.1 Å². The number of nitrogens with zero attached hydrogens (tertiary/aromatic N) is 3. The molecule has 2 heterocycles. The third kappa shape index (κ3) is 2.97. The van der Waals surface area contributed by atoms with Crippen molar-refractivity contribution in [1.29, 1.82) is 0 Å². The number of hydrogen-bond donors (Lipinski definition) is 0. The Balaban J connectivity index is 1.58. The number of carbonyl (C=O) groups excluding carboxylic acids is 1. The first-order valence-corrected chi connectivity index (χ1v) is 8.56. The third-order valence-electron chi connectivity index (χ3n) is 4.55. The second-order valence-electron chi connectivity index (χ2n) is 6.25. The van der Waals surface area contributed by atoms with Crippen LogP contribution < -0.4 is 4.90 Å². The van der Waals surface area contributed by atoms with Crippen molar-refractivity contribution in [3.63, 3.8) is 0 Å². The molecule has 5 nitrogen and oxygen atoms in total. The summed E-state index contributed by atoms with van der Waals surface area (Å²) in [5, 5.41) is 4.58. The van der Waals surface area contributed by atoms with Crippen LogP contribution in [-0.2, 0) is 4.79 Å². The average molecular weight is 372 g/mol. The van der Waals surface area contributed by atoms with E-state index in [1.165, 1.54) is 12.1 Å². The molecule has 0 N–H and O–H groups in total. The van der Waals surface area contributed by atoms with Gasteiger partial charge in [-0.3, -0.25) is 4.79 Å². The van der Waals surface area contributed by atoms with Gasteiger partial charge in [0.05, 0.1) is 5.92 Å². The van der Waals surface area contributed by atoms with Crippen LogP contribution >= 0.6 is 11.6 Å². The molecule has 1 saturated heterocycles. The van der Waals surface area contributed by atoms with Gasteiger partial charge in [0.2, 0.25) is 17.6 Å². The molecule has 3 aromatic rings. The SMILES string of the molecule is Cc1c(Cl)cccc1N1CC(c2nc(-c3ccc(F)cc3)no2)CC1=O. The van der Waals surface area contributed by atoms with Gasteiger partial charge in [-0.25, -0.2) is 4.39 Å². The summed E-state index contributed by atoms with van der Waals surface area (Å²) < 4.78 is 18.4. The zero-order valence-electron chi connectivity index (χ0n) is 13.9. The van der Waals surface area contributed by atoms with E-state index in [0.717, 1.165) is 11.3 Å². The standard InChI is InChI=1S/C19H15ClFN3O2/c1-11-15(20)3-2-4-16(11)24-10-13(9-17(24)25)19-22-18(23-26-19)12-5-7-14(21)8-6-12/h2-8,13H,9-10H2,1H3. The molecule has 4 rings (SSSR count). The van der Waals surface area contributed by atoms with Gasteiger partial charge in [0, 0.05) is 29.2 Å². The van der Waals surface area contributed by atoms with Crippen LogP contribution in [0.1, 0.15) is 23.8 Å². The van der Waals surface area contributed by atoms with E-state index in [0.29, 0.717) is 28.8 Å². The van der Waals surface area contributed by atoms with Crippen molar-refractivity contribution in [2.24, 2.45) is 0 Å². The third-order valence-corrected chi connectivity index (χ3v) is 4.96. The van der Waals surface area contributed by atoms with Crippen LogP contribution in [-0.4, -0.2) is 22.6 Å². The largest absolute Gasteiger partial charge is 0.339 e. The van der Waals surface area contributed by atoms with E-state index in [1.54, 1.807) is 23.1 Å². The summed E-state index contributed by atoms with van der Waals surface area (Å²) in [4.78, 5) is 18.6. The molecule has 0 aliphatic carbocycles. The minimum absolute atomic E-state index is 0.0121. The Morgan fingerprint density at radius 3 is 2.77 bits per heavy atom. The topological polar surface area (TPSA) is 59.2 Å². The fourth-order valence-electron chi connectivity index (χ4n) is 3.11. The molecule has 1 aliphatic heterocycles. The maximum Gasteiger partial charge on any atom is 0.232 e. The summed E-state index contributed by atoms with van der Waals surface area (Å²) in [5.41, 5.74) is 2.32. The highest BCUT2D eigenvalue weighted by Crippen LogP contribution is 2.35. The Bertz CT molecular complexity index is 971. The first-order chi connectivity index (χ1) is 12.5. The quantitative estimate of drug-likeness (QED) is 0.686. The maximum atomic E-state index is 13.0. The number of amides is 1. The summed E-state index contributed by atoms with van der Waals surface area (Å²) >= 11 is 6.17. The van der Waals surface area contributed by atoms with E-state index in [-0.39, 0.29) is 24.1 Å². The highest BCUT2D eigenvalue weighted by Gasteiger charge is 2.35. The van der Waals surface area contributed by atoms with E-state index in [9.17, 15) is 9.18 Å². The van der Waals surface area contributed by atoms with Crippen LogP contribution in [0.25, 0.3) is 11.4 Å². The molecule has 0 spiro atoms. The number of aromatic nitrogens is 2. The van der Waals surface area contributed by atoms with E-state index < -0.39 is 0 Å². The fourth-order valence-corrected chi connectivity index (χ4v) is 3.28. The lowest BCUT2D eigenvalue weighted by molar-refractivity contribution is -0.117. The van der Waals surface area contributed by atoms with Gasteiger partial charge in [0.1, 0.15) is 5.82 Å². The van der Waals surface area contributed by atoms with Crippen LogP contribution in [0.15, 0.2) is 47.0 Å². The van der Waals surface area contributed by atoms with Crippen molar-refractivity contribution >= 4 is 23.2 Å². The number of halogens is 2. The fraction of sp³-hybridized carbons (Fsp3) is 0.211. The van der Waals surface area contributed by atoms with Gasteiger partial charge in [0.25, 0.3) is 0 Å².